The Morgan fingerprint density at radius 1 is 1.10 bits per heavy atom. The molecule has 0 heterocycles. The van der Waals surface area contributed by atoms with Crippen molar-refractivity contribution >= 4 is 11.4 Å². The van der Waals surface area contributed by atoms with Crippen LogP contribution in [0.5, 0.6) is 0 Å². The van der Waals surface area contributed by atoms with Gasteiger partial charge in [-0.1, -0.05) is 12.8 Å². The van der Waals surface area contributed by atoms with Crippen LogP contribution in [0.2, 0.25) is 0 Å². The maximum absolute atomic E-state index is 11.1. The molecular weight excluding hydrogens is 264 g/mol. The number of nitrogens with one attached hydrogen (secondary N) is 1. The average molecular weight is 288 g/mol. The number of rotatable bonds is 4. The molecule has 2 atom stereocenters. The Morgan fingerprint density at radius 3 is 2.52 bits per heavy atom. The quantitative estimate of drug-likeness (QED) is 0.651. The molecule has 0 amide bonds. The molecule has 2 saturated carbocycles. The van der Waals surface area contributed by atoms with Crippen molar-refractivity contribution in [3.05, 3.63) is 33.4 Å². The van der Waals surface area contributed by atoms with Crippen LogP contribution in [-0.2, 0) is 0 Å². The van der Waals surface area contributed by atoms with E-state index in [2.05, 4.69) is 5.32 Å². The van der Waals surface area contributed by atoms with Crippen molar-refractivity contribution in [3.63, 3.8) is 0 Å². The first-order chi connectivity index (χ1) is 10.0. The predicted octanol–water partition coefficient (Wildman–Crippen LogP) is 4.59. The number of anilines is 1. The summed E-state index contributed by atoms with van der Waals surface area (Å²) in [6.07, 6.45) is 7.89. The molecule has 0 spiro atoms. The van der Waals surface area contributed by atoms with Crippen LogP contribution in [0, 0.1) is 35.8 Å². The van der Waals surface area contributed by atoms with Gasteiger partial charge in [0.15, 0.2) is 0 Å². The number of hydrogen-bond acceptors (Lipinski definition) is 3. The summed E-state index contributed by atoms with van der Waals surface area (Å²) in [6.45, 7) is 3.83. The van der Waals surface area contributed by atoms with Gasteiger partial charge in [0.1, 0.15) is 0 Å². The third-order valence-electron chi connectivity index (χ3n) is 5.10. The summed E-state index contributed by atoms with van der Waals surface area (Å²) < 4.78 is 0. The van der Waals surface area contributed by atoms with E-state index in [1.165, 1.54) is 38.5 Å². The monoisotopic (exact) mass is 288 g/mol. The van der Waals surface area contributed by atoms with Crippen LogP contribution in [-0.4, -0.2) is 11.0 Å². The molecule has 1 N–H and O–H groups in total. The highest BCUT2D eigenvalue weighted by molar-refractivity contribution is 5.60. The summed E-state index contributed by atoms with van der Waals surface area (Å²) in [5, 5.41) is 14.7. The summed E-state index contributed by atoms with van der Waals surface area (Å²) in [4.78, 5) is 10.8. The molecule has 0 aliphatic heterocycles. The Morgan fingerprint density at radius 2 is 1.86 bits per heavy atom. The van der Waals surface area contributed by atoms with Gasteiger partial charge in [-0.15, -0.1) is 0 Å². The van der Waals surface area contributed by atoms with E-state index < -0.39 is 0 Å². The van der Waals surface area contributed by atoms with E-state index in [0.717, 1.165) is 28.7 Å². The highest BCUT2D eigenvalue weighted by Crippen LogP contribution is 2.44. The first-order valence-corrected chi connectivity index (χ1v) is 8.06. The highest BCUT2D eigenvalue weighted by Gasteiger charge is 2.34. The molecule has 2 aliphatic rings. The van der Waals surface area contributed by atoms with E-state index >= 15 is 0 Å². The predicted molar refractivity (Wildman–Crippen MR) is 84.7 cm³/mol. The number of benzene rings is 1. The second kappa shape index (κ2) is 5.66. The van der Waals surface area contributed by atoms with E-state index in [-0.39, 0.29) is 10.6 Å². The lowest BCUT2D eigenvalue weighted by atomic mass is 9.82. The molecule has 2 fully saturated rings. The summed E-state index contributed by atoms with van der Waals surface area (Å²) in [5.74, 6) is 1.83. The summed E-state index contributed by atoms with van der Waals surface area (Å²) >= 11 is 0. The molecule has 1 aromatic carbocycles. The number of nitrogens with zero attached hydrogens (tertiary/aromatic N) is 1. The first-order valence-electron chi connectivity index (χ1n) is 8.06. The third-order valence-corrected chi connectivity index (χ3v) is 5.10. The van der Waals surface area contributed by atoms with Gasteiger partial charge < -0.3 is 5.32 Å². The molecule has 1 aromatic rings. The van der Waals surface area contributed by atoms with Crippen LogP contribution in [0.15, 0.2) is 12.1 Å². The summed E-state index contributed by atoms with van der Waals surface area (Å²) in [6, 6.07) is 4.11. The fourth-order valence-electron chi connectivity index (χ4n) is 3.77. The maximum atomic E-state index is 11.1. The average Bonchev–Trinajstić information content (AvgIpc) is 3.26. The SMILES string of the molecule is Cc1cc(C)c([N+](=O)[O-])cc1NC1CCCC(C2CC2)C1. The zero-order valence-electron chi connectivity index (χ0n) is 12.9. The second-order valence-electron chi connectivity index (χ2n) is 6.82. The van der Waals surface area contributed by atoms with Crippen LogP contribution in [0.25, 0.3) is 0 Å². The van der Waals surface area contributed by atoms with E-state index in [0.29, 0.717) is 6.04 Å². The Kier molecular flexibility index (Phi) is 3.87. The molecule has 4 nitrogen and oxygen atoms in total. The van der Waals surface area contributed by atoms with Crippen LogP contribution in [0.3, 0.4) is 0 Å². The van der Waals surface area contributed by atoms with Crippen LogP contribution in [0.4, 0.5) is 11.4 Å². The zero-order valence-corrected chi connectivity index (χ0v) is 12.9. The Bertz CT molecular complexity index is 552. The van der Waals surface area contributed by atoms with Gasteiger partial charge >= 0.3 is 0 Å². The minimum absolute atomic E-state index is 0.220. The third kappa shape index (κ3) is 3.20. The van der Waals surface area contributed by atoms with Crippen LogP contribution >= 0.6 is 0 Å². The van der Waals surface area contributed by atoms with Crippen molar-refractivity contribution < 1.29 is 4.92 Å². The van der Waals surface area contributed by atoms with Gasteiger partial charge in [0.25, 0.3) is 5.69 Å². The number of hydrogen-bond donors (Lipinski definition) is 1. The summed E-state index contributed by atoms with van der Waals surface area (Å²) in [5.41, 5.74) is 3.00. The van der Waals surface area contributed by atoms with Crippen molar-refractivity contribution in [2.45, 2.75) is 58.4 Å². The Hall–Kier alpha value is -1.58. The van der Waals surface area contributed by atoms with Gasteiger partial charge in [0.2, 0.25) is 0 Å². The largest absolute Gasteiger partial charge is 0.382 e. The number of nitro groups is 1. The maximum Gasteiger partial charge on any atom is 0.274 e. The van der Waals surface area contributed by atoms with Crippen molar-refractivity contribution in [2.24, 2.45) is 11.8 Å². The van der Waals surface area contributed by atoms with E-state index in [4.69, 9.17) is 0 Å². The van der Waals surface area contributed by atoms with Crippen molar-refractivity contribution in [1.29, 1.82) is 0 Å². The van der Waals surface area contributed by atoms with Crippen LogP contribution in [0.1, 0.15) is 49.7 Å². The van der Waals surface area contributed by atoms with Gasteiger partial charge in [-0.3, -0.25) is 10.1 Å². The normalized spacial score (nSPS) is 25.6. The lowest BCUT2D eigenvalue weighted by Crippen LogP contribution is -2.28. The van der Waals surface area contributed by atoms with Crippen molar-refractivity contribution in [2.75, 3.05) is 5.32 Å². The zero-order chi connectivity index (χ0) is 15.0. The van der Waals surface area contributed by atoms with Gasteiger partial charge in [-0.05, 0) is 63.0 Å². The number of nitro benzene ring substituents is 1. The standard InChI is InChI=1S/C17H24N2O2/c1-11-8-12(2)17(19(20)21)10-16(11)18-15-5-3-4-14(9-15)13-6-7-13/h8,10,13-15,18H,3-7,9H2,1-2H3. The molecular formula is C17H24N2O2. The van der Waals surface area contributed by atoms with E-state index in [9.17, 15) is 10.1 Å². The fraction of sp³-hybridized carbons (Fsp3) is 0.647. The minimum atomic E-state index is -0.284. The topological polar surface area (TPSA) is 55.2 Å². The molecule has 0 radical (unpaired) electrons. The molecule has 0 saturated heterocycles. The molecule has 2 aliphatic carbocycles. The fourth-order valence-corrected chi connectivity index (χ4v) is 3.77. The van der Waals surface area contributed by atoms with Gasteiger partial charge in [-0.2, -0.15) is 0 Å². The molecule has 3 rings (SSSR count). The lowest BCUT2D eigenvalue weighted by molar-refractivity contribution is -0.385. The van der Waals surface area contributed by atoms with E-state index in [1.807, 2.05) is 13.0 Å². The highest BCUT2D eigenvalue weighted by atomic mass is 16.6. The lowest BCUT2D eigenvalue weighted by Gasteiger charge is -2.31. The van der Waals surface area contributed by atoms with Crippen LogP contribution < -0.4 is 5.32 Å². The molecule has 0 aromatic heterocycles. The van der Waals surface area contributed by atoms with Gasteiger partial charge in [0.05, 0.1) is 4.92 Å². The first kappa shape index (κ1) is 14.4. The Balaban J connectivity index is 1.74. The molecule has 114 valence electrons. The molecule has 21 heavy (non-hydrogen) atoms. The molecule has 2 unspecified atom stereocenters. The van der Waals surface area contributed by atoms with Gasteiger partial charge in [0, 0.05) is 23.4 Å². The van der Waals surface area contributed by atoms with Crippen molar-refractivity contribution in [3.8, 4) is 0 Å². The Labute approximate surface area is 126 Å². The second-order valence-corrected chi connectivity index (χ2v) is 6.82. The van der Waals surface area contributed by atoms with E-state index in [1.54, 1.807) is 13.0 Å². The molecule has 4 heteroatoms. The van der Waals surface area contributed by atoms with Crippen molar-refractivity contribution in [1.82, 2.24) is 0 Å². The molecule has 0 bridgehead atoms. The van der Waals surface area contributed by atoms with Gasteiger partial charge in [-0.25, -0.2) is 0 Å². The minimum Gasteiger partial charge on any atom is -0.382 e. The smallest absolute Gasteiger partial charge is 0.274 e. The number of aryl methyl sites for hydroxylation is 2. The summed E-state index contributed by atoms with van der Waals surface area (Å²) in [7, 11) is 0.